The van der Waals surface area contributed by atoms with Crippen LogP contribution in [0.4, 0.5) is 0 Å². The van der Waals surface area contributed by atoms with Crippen LogP contribution >= 0.6 is 0 Å². The van der Waals surface area contributed by atoms with Crippen LogP contribution in [0, 0.1) is 17.8 Å². The molecule has 4 rings (SSSR count). The van der Waals surface area contributed by atoms with Gasteiger partial charge in [-0.1, -0.05) is 48.6 Å². The molecule has 0 aliphatic heterocycles. The highest BCUT2D eigenvalue weighted by Gasteiger charge is 2.59. The summed E-state index contributed by atoms with van der Waals surface area (Å²) < 4.78 is 21.9. The largest absolute Gasteiger partial charge is 0.465 e. The zero-order chi connectivity index (χ0) is 30.9. The average molecular weight is 595 g/mol. The lowest BCUT2D eigenvalue weighted by Gasteiger charge is -2.31. The van der Waals surface area contributed by atoms with Crippen LogP contribution in [0.3, 0.4) is 0 Å². The van der Waals surface area contributed by atoms with E-state index in [0.717, 1.165) is 33.0 Å². The third-order valence-corrected chi connectivity index (χ3v) is 12.6. The van der Waals surface area contributed by atoms with Gasteiger partial charge in [-0.05, 0) is 74.0 Å². The van der Waals surface area contributed by atoms with Crippen LogP contribution in [0.15, 0.2) is 30.3 Å². The van der Waals surface area contributed by atoms with Gasteiger partial charge in [0.2, 0.25) is 0 Å². The van der Waals surface area contributed by atoms with Crippen molar-refractivity contribution in [1.29, 1.82) is 0 Å². The maximum absolute atomic E-state index is 13.6. The molecule has 9 heteroatoms. The Morgan fingerprint density at radius 3 is 1.38 bits per heavy atom. The molecule has 0 saturated heterocycles. The second-order valence-electron chi connectivity index (χ2n) is 11.7. The van der Waals surface area contributed by atoms with Crippen LogP contribution in [-0.4, -0.2) is 58.4 Å². The van der Waals surface area contributed by atoms with Gasteiger partial charge in [0, 0.05) is 19.3 Å². The number of fused-ring (bicyclic) bond motifs is 3. The van der Waals surface area contributed by atoms with E-state index in [4.69, 9.17) is 18.9 Å². The van der Waals surface area contributed by atoms with Crippen LogP contribution in [0.5, 0.6) is 0 Å². The number of esters is 4. The number of rotatable bonds is 10. The summed E-state index contributed by atoms with van der Waals surface area (Å²) in [5.74, 6) is -2.46. The first-order valence-electron chi connectivity index (χ1n) is 14.9. The summed E-state index contributed by atoms with van der Waals surface area (Å²) in [6.07, 6.45) is 0.435. The second kappa shape index (κ2) is 12.0. The average Bonchev–Trinajstić information content (AvgIpc) is 3.56. The van der Waals surface area contributed by atoms with Gasteiger partial charge >= 0.3 is 23.9 Å². The number of ether oxygens (including phenoxy) is 4. The third-order valence-electron chi connectivity index (χ3n) is 8.92. The Labute approximate surface area is 249 Å². The minimum Gasteiger partial charge on any atom is -0.465 e. The molecule has 0 bridgehead atoms. The van der Waals surface area contributed by atoms with Crippen molar-refractivity contribution in [1.82, 2.24) is 0 Å². The summed E-state index contributed by atoms with van der Waals surface area (Å²) in [6, 6.07) is 10.2. The Bertz CT molecular complexity index is 1360. The molecule has 0 spiro atoms. The molecule has 42 heavy (non-hydrogen) atoms. The molecule has 2 aromatic rings. The highest BCUT2D eigenvalue weighted by atomic mass is 28.3. The number of carbonyl (C=O) groups excluding carboxylic acids is 4. The molecule has 2 aromatic carbocycles. The molecule has 0 N–H and O–H groups in total. The number of hydrogen-bond acceptors (Lipinski definition) is 8. The Balaban J connectivity index is 2.02. The van der Waals surface area contributed by atoms with Gasteiger partial charge in [-0.2, -0.15) is 0 Å². The van der Waals surface area contributed by atoms with Crippen molar-refractivity contribution < 1.29 is 38.1 Å². The third kappa shape index (κ3) is 4.95. The van der Waals surface area contributed by atoms with Crippen molar-refractivity contribution in [2.45, 2.75) is 73.4 Å². The van der Waals surface area contributed by atoms with E-state index in [9.17, 15) is 19.2 Å². The van der Waals surface area contributed by atoms with E-state index in [1.54, 1.807) is 27.7 Å². The van der Waals surface area contributed by atoms with Crippen molar-refractivity contribution in [3.05, 3.63) is 58.1 Å². The van der Waals surface area contributed by atoms with Gasteiger partial charge < -0.3 is 18.9 Å². The van der Waals surface area contributed by atoms with Crippen LogP contribution in [0.2, 0.25) is 13.1 Å². The molecule has 2 aliphatic carbocycles. The van der Waals surface area contributed by atoms with Crippen LogP contribution in [-0.2, 0) is 63.8 Å². The van der Waals surface area contributed by atoms with E-state index < -0.39 is 42.8 Å². The first-order valence-corrected chi connectivity index (χ1v) is 17.9. The molecule has 8 nitrogen and oxygen atoms in total. The van der Waals surface area contributed by atoms with Crippen molar-refractivity contribution in [3.8, 4) is 0 Å². The Kier molecular flexibility index (Phi) is 9.02. The zero-order valence-corrected chi connectivity index (χ0v) is 26.8. The van der Waals surface area contributed by atoms with E-state index in [2.05, 4.69) is 25.2 Å². The molecular formula is C33H42O8Si. The monoisotopic (exact) mass is 594 g/mol. The topological polar surface area (TPSA) is 105 Å². The maximum atomic E-state index is 13.6. The molecule has 0 atom stereocenters. The lowest BCUT2D eigenvalue weighted by atomic mass is 9.83. The molecule has 0 fully saturated rings. The van der Waals surface area contributed by atoms with E-state index in [1.165, 1.54) is 5.19 Å². The van der Waals surface area contributed by atoms with Gasteiger partial charge in [0.1, 0.15) is 8.07 Å². The van der Waals surface area contributed by atoms with Crippen molar-refractivity contribution >= 4 is 42.3 Å². The molecule has 0 amide bonds. The molecule has 2 aliphatic rings. The molecule has 0 saturated carbocycles. The smallest absolute Gasteiger partial charge is 0.324 e. The number of carbonyl (C=O) groups is 4. The summed E-state index contributed by atoms with van der Waals surface area (Å²) in [5, 5.41) is 2.31. The minimum absolute atomic E-state index is 0.0800. The highest BCUT2D eigenvalue weighted by molar-refractivity contribution is 7.01. The lowest BCUT2D eigenvalue weighted by Crippen LogP contribution is -2.56. The summed E-state index contributed by atoms with van der Waals surface area (Å²) in [5.41, 5.74) is 1.37. The summed E-state index contributed by atoms with van der Waals surface area (Å²) in [7, 11) is -2.44. The Morgan fingerprint density at radius 2 is 0.976 bits per heavy atom. The fraction of sp³-hybridized carbons (Fsp3) is 0.515. The van der Waals surface area contributed by atoms with Crippen LogP contribution < -0.4 is 10.4 Å². The molecule has 0 aromatic heterocycles. The first kappa shape index (κ1) is 31.5. The summed E-state index contributed by atoms with van der Waals surface area (Å²) in [4.78, 5) is 54.3. The maximum Gasteiger partial charge on any atom is 0.324 e. The number of benzene rings is 2. The SMILES string of the molecule is CCOC(=O)C1(C(=O)OCC)Cc2c(C)c([Si](C)(C)c3ccccc3)c3c(c2C1)CC(C(=O)OCC)(C(=O)OCC)C3. The predicted molar refractivity (Wildman–Crippen MR) is 161 cm³/mol. The van der Waals surface area contributed by atoms with Crippen molar-refractivity contribution in [3.63, 3.8) is 0 Å². The van der Waals surface area contributed by atoms with Crippen molar-refractivity contribution in [2.24, 2.45) is 10.8 Å². The fourth-order valence-electron chi connectivity index (χ4n) is 6.98. The predicted octanol–water partition coefficient (Wildman–Crippen LogP) is 3.24. The van der Waals surface area contributed by atoms with E-state index in [-0.39, 0.29) is 52.1 Å². The Hall–Kier alpha value is -3.46. The van der Waals surface area contributed by atoms with Gasteiger partial charge in [0.05, 0.1) is 26.4 Å². The van der Waals surface area contributed by atoms with Gasteiger partial charge in [0.15, 0.2) is 10.8 Å². The quantitative estimate of drug-likeness (QED) is 0.179. The molecule has 226 valence electrons. The minimum atomic E-state index is -2.44. The second-order valence-corrected chi connectivity index (χ2v) is 16.0. The zero-order valence-electron chi connectivity index (χ0n) is 25.8. The van der Waals surface area contributed by atoms with E-state index in [1.807, 2.05) is 25.1 Å². The van der Waals surface area contributed by atoms with Gasteiger partial charge in [-0.25, -0.2) is 0 Å². The van der Waals surface area contributed by atoms with Crippen LogP contribution in [0.1, 0.15) is 55.5 Å². The van der Waals surface area contributed by atoms with Gasteiger partial charge in [-0.15, -0.1) is 0 Å². The van der Waals surface area contributed by atoms with Crippen LogP contribution in [0.25, 0.3) is 0 Å². The molecule has 0 radical (unpaired) electrons. The first-order chi connectivity index (χ1) is 19.9. The standard InChI is InChI=1S/C33H42O8Si/c1-8-38-28(34)32(29(35)39-9-2)17-23-21(5)27(42(6,7)22-15-13-12-14-16-22)26-20-33(30(36)40-10-3,31(37)41-11-4)19-25(26)24(23)18-32/h12-16H,8-11,17-20H2,1-7H3. The Morgan fingerprint density at radius 1 is 0.619 bits per heavy atom. The molecule has 0 unspecified atom stereocenters. The van der Waals surface area contributed by atoms with E-state index >= 15 is 0 Å². The lowest BCUT2D eigenvalue weighted by molar-refractivity contribution is -0.173. The van der Waals surface area contributed by atoms with E-state index in [0.29, 0.717) is 0 Å². The molecule has 0 heterocycles. The van der Waals surface area contributed by atoms with Gasteiger partial charge in [0.25, 0.3) is 0 Å². The summed E-state index contributed by atoms with van der Waals surface area (Å²) in [6.45, 7) is 13.9. The fourth-order valence-corrected chi connectivity index (χ4v) is 10.4. The number of hydrogen-bond donors (Lipinski definition) is 0. The normalized spacial score (nSPS) is 16.3. The van der Waals surface area contributed by atoms with Crippen molar-refractivity contribution in [2.75, 3.05) is 26.4 Å². The summed E-state index contributed by atoms with van der Waals surface area (Å²) >= 11 is 0. The highest BCUT2D eigenvalue weighted by Crippen LogP contribution is 2.49. The molecular weight excluding hydrogens is 552 g/mol. The van der Waals surface area contributed by atoms with Gasteiger partial charge in [-0.3, -0.25) is 19.2 Å².